The number of amides is 1. The average molecular weight is 386 g/mol. The Balaban J connectivity index is 1.43. The molecule has 2 aromatic heterocycles. The number of nitrogens with zero attached hydrogens (tertiary/aromatic N) is 3. The van der Waals surface area contributed by atoms with E-state index in [1.54, 1.807) is 0 Å². The first-order chi connectivity index (χ1) is 13.2. The molecule has 3 atom stereocenters. The van der Waals surface area contributed by atoms with Crippen LogP contribution < -0.4 is 0 Å². The van der Waals surface area contributed by atoms with Gasteiger partial charge in [0.2, 0.25) is 0 Å². The zero-order chi connectivity index (χ0) is 20.1. The van der Waals surface area contributed by atoms with Crippen molar-refractivity contribution in [1.29, 1.82) is 0 Å². The van der Waals surface area contributed by atoms with Crippen molar-refractivity contribution in [2.75, 3.05) is 26.2 Å². The number of aliphatic hydroxyl groups is 1. The standard InChI is InChI=1S/C22H31N3O3/c1-15(26)19-9-18-7-5-6-8-25(18)20(19)14-23-10-16-12-24(13-17(16)11-23)21(27)28-22(2,3)4/h5-9,15-17,26H,10-14H2,1-4H3/t15?,16-,17+. The summed E-state index contributed by atoms with van der Waals surface area (Å²) in [5.41, 5.74) is 2.82. The van der Waals surface area contributed by atoms with Gasteiger partial charge in [0.1, 0.15) is 5.60 Å². The quantitative estimate of drug-likeness (QED) is 0.881. The van der Waals surface area contributed by atoms with Gasteiger partial charge in [-0.05, 0) is 57.7 Å². The lowest BCUT2D eigenvalue weighted by Crippen LogP contribution is -2.37. The minimum Gasteiger partial charge on any atom is -0.444 e. The third kappa shape index (κ3) is 3.76. The number of likely N-dealkylation sites (tertiary alicyclic amines) is 2. The fourth-order valence-electron chi connectivity index (χ4n) is 4.64. The molecule has 1 amide bonds. The normalized spacial score (nSPS) is 24.0. The number of aromatic nitrogens is 1. The van der Waals surface area contributed by atoms with Crippen LogP contribution >= 0.6 is 0 Å². The molecule has 0 radical (unpaired) electrons. The Bertz CT molecular complexity index is 854. The molecule has 0 aliphatic carbocycles. The lowest BCUT2D eigenvalue weighted by molar-refractivity contribution is 0.0274. The Morgan fingerprint density at radius 3 is 2.50 bits per heavy atom. The zero-order valence-electron chi connectivity index (χ0n) is 17.3. The molecule has 1 N–H and O–H groups in total. The van der Waals surface area contributed by atoms with Crippen molar-refractivity contribution in [2.24, 2.45) is 11.8 Å². The average Bonchev–Trinajstić information content (AvgIpc) is 3.25. The van der Waals surface area contributed by atoms with Crippen LogP contribution in [0.4, 0.5) is 4.79 Å². The van der Waals surface area contributed by atoms with E-state index < -0.39 is 11.7 Å². The van der Waals surface area contributed by atoms with Crippen molar-refractivity contribution in [3.8, 4) is 0 Å². The fraction of sp³-hybridized carbons (Fsp3) is 0.591. The van der Waals surface area contributed by atoms with Gasteiger partial charge in [-0.15, -0.1) is 0 Å². The number of ether oxygens (including phenoxy) is 1. The summed E-state index contributed by atoms with van der Waals surface area (Å²) >= 11 is 0. The third-order valence-corrected chi connectivity index (χ3v) is 5.86. The number of carbonyl (C=O) groups excluding carboxylic acids is 1. The van der Waals surface area contributed by atoms with Gasteiger partial charge in [-0.25, -0.2) is 4.79 Å². The predicted octanol–water partition coefficient (Wildman–Crippen LogP) is 3.29. The van der Waals surface area contributed by atoms with Gasteiger partial charge in [0.15, 0.2) is 0 Å². The van der Waals surface area contributed by atoms with Crippen molar-refractivity contribution >= 4 is 11.6 Å². The molecule has 0 saturated carbocycles. The number of pyridine rings is 1. The third-order valence-electron chi connectivity index (χ3n) is 5.86. The molecule has 2 aromatic rings. The molecule has 4 heterocycles. The van der Waals surface area contributed by atoms with Crippen LogP contribution in [-0.2, 0) is 11.3 Å². The molecule has 1 unspecified atom stereocenters. The van der Waals surface area contributed by atoms with Crippen molar-refractivity contribution in [1.82, 2.24) is 14.2 Å². The molecule has 28 heavy (non-hydrogen) atoms. The summed E-state index contributed by atoms with van der Waals surface area (Å²) in [6.07, 6.45) is 1.39. The smallest absolute Gasteiger partial charge is 0.410 e. The second kappa shape index (κ2) is 7.08. The molecule has 6 heteroatoms. The zero-order valence-corrected chi connectivity index (χ0v) is 17.3. The highest BCUT2D eigenvalue weighted by atomic mass is 16.6. The summed E-state index contributed by atoms with van der Waals surface area (Å²) in [7, 11) is 0. The van der Waals surface area contributed by atoms with Crippen molar-refractivity contribution < 1.29 is 14.6 Å². The van der Waals surface area contributed by atoms with E-state index in [1.165, 1.54) is 0 Å². The van der Waals surface area contributed by atoms with Gasteiger partial charge in [-0.3, -0.25) is 4.90 Å². The summed E-state index contributed by atoms with van der Waals surface area (Å²) in [5.74, 6) is 0.988. The van der Waals surface area contributed by atoms with Gasteiger partial charge < -0.3 is 19.1 Å². The summed E-state index contributed by atoms with van der Waals surface area (Å²) in [6, 6.07) is 8.21. The van der Waals surface area contributed by atoms with Crippen LogP contribution in [0.25, 0.3) is 5.52 Å². The molecular weight excluding hydrogens is 354 g/mol. The van der Waals surface area contributed by atoms with E-state index in [9.17, 15) is 9.90 Å². The summed E-state index contributed by atoms with van der Waals surface area (Å²) in [4.78, 5) is 16.7. The minimum atomic E-state index is -0.486. The monoisotopic (exact) mass is 385 g/mol. The molecular formula is C22H31N3O3. The van der Waals surface area contributed by atoms with Crippen LogP contribution in [0.3, 0.4) is 0 Å². The number of aliphatic hydroxyl groups excluding tert-OH is 1. The van der Waals surface area contributed by atoms with E-state index >= 15 is 0 Å². The van der Waals surface area contributed by atoms with Crippen LogP contribution in [0.1, 0.15) is 45.1 Å². The first-order valence-electron chi connectivity index (χ1n) is 10.2. The van der Waals surface area contributed by atoms with E-state index in [4.69, 9.17) is 4.74 Å². The van der Waals surface area contributed by atoms with Gasteiger partial charge in [-0.1, -0.05) is 6.07 Å². The molecule has 2 fully saturated rings. The van der Waals surface area contributed by atoms with E-state index in [0.29, 0.717) is 11.8 Å². The molecule has 152 valence electrons. The van der Waals surface area contributed by atoms with Gasteiger partial charge in [-0.2, -0.15) is 0 Å². The first kappa shape index (κ1) is 19.3. The second-order valence-corrected chi connectivity index (χ2v) is 9.32. The van der Waals surface area contributed by atoms with E-state index in [2.05, 4.69) is 27.6 Å². The number of hydrogen-bond donors (Lipinski definition) is 1. The summed E-state index contributed by atoms with van der Waals surface area (Å²) in [5, 5.41) is 10.2. The predicted molar refractivity (Wildman–Crippen MR) is 108 cm³/mol. The van der Waals surface area contributed by atoms with Crippen LogP contribution in [0.15, 0.2) is 30.5 Å². The molecule has 6 nitrogen and oxygen atoms in total. The Kier molecular flexibility index (Phi) is 4.88. The number of fused-ring (bicyclic) bond motifs is 2. The number of carbonyl (C=O) groups is 1. The van der Waals surface area contributed by atoms with Crippen molar-refractivity contribution in [2.45, 2.75) is 45.9 Å². The van der Waals surface area contributed by atoms with E-state index in [0.717, 1.165) is 49.5 Å². The molecule has 0 aromatic carbocycles. The Hall–Kier alpha value is -2.05. The molecule has 2 saturated heterocycles. The van der Waals surface area contributed by atoms with E-state index in [-0.39, 0.29) is 6.09 Å². The van der Waals surface area contributed by atoms with Crippen LogP contribution in [0.5, 0.6) is 0 Å². The molecule has 0 bridgehead atoms. The maximum absolute atomic E-state index is 12.4. The maximum Gasteiger partial charge on any atom is 0.410 e. The molecule has 4 rings (SSSR count). The highest BCUT2D eigenvalue weighted by molar-refractivity contribution is 5.68. The van der Waals surface area contributed by atoms with Gasteiger partial charge in [0.05, 0.1) is 6.10 Å². The topological polar surface area (TPSA) is 57.4 Å². The SMILES string of the molecule is CC(O)c1cc2ccccn2c1CN1C[C@@H]2CN(C(=O)OC(C)(C)C)C[C@@H]2C1. The lowest BCUT2D eigenvalue weighted by atomic mass is 10.0. The second-order valence-electron chi connectivity index (χ2n) is 9.32. The van der Waals surface area contributed by atoms with E-state index in [1.807, 2.05) is 44.7 Å². The summed E-state index contributed by atoms with van der Waals surface area (Å²) in [6.45, 7) is 11.9. The largest absolute Gasteiger partial charge is 0.444 e. The fourth-order valence-corrected chi connectivity index (χ4v) is 4.64. The molecule has 2 aliphatic rings. The van der Waals surface area contributed by atoms with Gasteiger partial charge in [0.25, 0.3) is 0 Å². The van der Waals surface area contributed by atoms with Crippen LogP contribution in [0, 0.1) is 11.8 Å². The van der Waals surface area contributed by atoms with Crippen LogP contribution in [-0.4, -0.2) is 57.2 Å². The van der Waals surface area contributed by atoms with Crippen LogP contribution in [0.2, 0.25) is 0 Å². The highest BCUT2D eigenvalue weighted by Crippen LogP contribution is 2.34. The highest BCUT2D eigenvalue weighted by Gasteiger charge is 2.42. The van der Waals surface area contributed by atoms with Crippen molar-refractivity contribution in [3.63, 3.8) is 0 Å². The number of hydrogen-bond acceptors (Lipinski definition) is 4. The Morgan fingerprint density at radius 1 is 1.21 bits per heavy atom. The lowest BCUT2D eigenvalue weighted by Gasteiger charge is -2.26. The summed E-state index contributed by atoms with van der Waals surface area (Å²) < 4.78 is 7.72. The molecule has 0 spiro atoms. The number of rotatable bonds is 3. The van der Waals surface area contributed by atoms with Gasteiger partial charge in [0, 0.05) is 55.7 Å². The first-order valence-corrected chi connectivity index (χ1v) is 10.2. The Morgan fingerprint density at radius 2 is 1.89 bits per heavy atom. The Labute approximate surface area is 166 Å². The molecule has 2 aliphatic heterocycles. The van der Waals surface area contributed by atoms with Crippen molar-refractivity contribution in [3.05, 3.63) is 41.7 Å². The van der Waals surface area contributed by atoms with Gasteiger partial charge >= 0.3 is 6.09 Å². The minimum absolute atomic E-state index is 0.192. The maximum atomic E-state index is 12.4.